The van der Waals surface area contributed by atoms with Gasteiger partial charge in [0.2, 0.25) is 11.8 Å². The van der Waals surface area contributed by atoms with Crippen LogP contribution in [0.25, 0.3) is 0 Å². The van der Waals surface area contributed by atoms with Gasteiger partial charge in [0.05, 0.1) is 5.44 Å². The third kappa shape index (κ3) is 4.15. The SMILES string of the molecule is [B]C1(N2CC(=C\NCc3cc(N)ccc3F)/C(=C\C=C/C)C2=O)CCC(=O)NC1=O. The maximum absolute atomic E-state index is 13.9. The number of nitrogens with zero attached hydrogens (tertiary/aromatic N) is 1. The van der Waals surface area contributed by atoms with E-state index in [-0.39, 0.29) is 25.9 Å². The molecule has 1 unspecified atom stereocenters. The van der Waals surface area contributed by atoms with Gasteiger partial charge in [0.25, 0.3) is 5.91 Å². The molecule has 1 atom stereocenters. The molecule has 7 nitrogen and oxygen atoms in total. The first-order valence-electron chi connectivity index (χ1n) is 9.51. The van der Waals surface area contributed by atoms with Gasteiger partial charge in [-0.2, -0.15) is 0 Å². The van der Waals surface area contributed by atoms with Crippen LogP contribution in [0.15, 0.2) is 53.8 Å². The smallest absolute Gasteiger partial charge is 0.254 e. The Labute approximate surface area is 175 Å². The van der Waals surface area contributed by atoms with Crippen LogP contribution in [0.1, 0.15) is 25.3 Å². The molecule has 4 N–H and O–H groups in total. The molecule has 0 aliphatic carbocycles. The van der Waals surface area contributed by atoms with Crippen LogP contribution in [0.4, 0.5) is 10.1 Å². The van der Waals surface area contributed by atoms with E-state index in [1.807, 2.05) is 6.92 Å². The van der Waals surface area contributed by atoms with E-state index in [0.29, 0.717) is 22.4 Å². The Morgan fingerprint density at radius 1 is 1.37 bits per heavy atom. The molecular formula is C21H22BFN4O3. The van der Waals surface area contributed by atoms with Crippen molar-refractivity contribution in [1.29, 1.82) is 0 Å². The van der Waals surface area contributed by atoms with Crippen molar-refractivity contribution in [3.05, 3.63) is 65.2 Å². The zero-order valence-electron chi connectivity index (χ0n) is 16.6. The minimum atomic E-state index is -1.62. The molecule has 3 amide bonds. The molecule has 2 aliphatic rings. The first-order valence-corrected chi connectivity index (χ1v) is 9.51. The number of nitrogens with two attached hydrogens (primary N) is 1. The third-order valence-corrected chi connectivity index (χ3v) is 5.10. The van der Waals surface area contributed by atoms with Gasteiger partial charge >= 0.3 is 0 Å². The molecule has 0 aromatic heterocycles. The number of amides is 3. The van der Waals surface area contributed by atoms with Crippen LogP contribution in [0.2, 0.25) is 0 Å². The van der Waals surface area contributed by atoms with E-state index < -0.39 is 29.0 Å². The van der Waals surface area contributed by atoms with Gasteiger partial charge in [-0.3, -0.25) is 19.7 Å². The van der Waals surface area contributed by atoms with Crippen LogP contribution >= 0.6 is 0 Å². The van der Waals surface area contributed by atoms with Crippen molar-refractivity contribution in [2.45, 2.75) is 31.7 Å². The number of carbonyl (C=O) groups is 3. The molecule has 2 fully saturated rings. The molecular weight excluding hydrogens is 386 g/mol. The van der Waals surface area contributed by atoms with Gasteiger partial charge in [-0.25, -0.2) is 4.39 Å². The summed E-state index contributed by atoms with van der Waals surface area (Å²) in [7, 11) is 6.25. The summed E-state index contributed by atoms with van der Waals surface area (Å²) in [6.07, 6.45) is 6.79. The summed E-state index contributed by atoms with van der Waals surface area (Å²) in [6, 6.07) is 4.30. The van der Waals surface area contributed by atoms with Crippen molar-refractivity contribution in [3.63, 3.8) is 0 Å². The summed E-state index contributed by atoms with van der Waals surface area (Å²) in [6.45, 7) is 2.05. The van der Waals surface area contributed by atoms with Crippen molar-refractivity contribution >= 4 is 31.3 Å². The molecule has 30 heavy (non-hydrogen) atoms. The number of nitrogen functional groups attached to an aromatic ring is 1. The second kappa shape index (κ2) is 8.56. The predicted molar refractivity (Wildman–Crippen MR) is 111 cm³/mol. The highest BCUT2D eigenvalue weighted by Crippen LogP contribution is 2.32. The minimum absolute atomic E-state index is 0.0372. The van der Waals surface area contributed by atoms with E-state index >= 15 is 0 Å². The molecule has 154 valence electrons. The highest BCUT2D eigenvalue weighted by Gasteiger charge is 2.48. The Balaban J connectivity index is 1.84. The number of benzene rings is 1. The van der Waals surface area contributed by atoms with Crippen molar-refractivity contribution in [1.82, 2.24) is 15.5 Å². The number of anilines is 1. The summed E-state index contributed by atoms with van der Waals surface area (Å²) < 4.78 is 13.9. The molecule has 0 saturated carbocycles. The topological polar surface area (TPSA) is 105 Å². The number of hydrogen-bond acceptors (Lipinski definition) is 5. The average molecular weight is 408 g/mol. The zero-order chi connectivity index (χ0) is 21.9. The van der Waals surface area contributed by atoms with Crippen molar-refractivity contribution in [2.75, 3.05) is 12.3 Å². The monoisotopic (exact) mass is 408 g/mol. The third-order valence-electron chi connectivity index (χ3n) is 5.10. The predicted octanol–water partition coefficient (Wildman–Crippen LogP) is 1.03. The number of rotatable bonds is 5. The molecule has 1 aromatic carbocycles. The fourth-order valence-electron chi connectivity index (χ4n) is 3.41. The lowest BCUT2D eigenvalue weighted by molar-refractivity contribution is -0.145. The number of piperidine rings is 1. The first-order chi connectivity index (χ1) is 14.3. The maximum Gasteiger partial charge on any atom is 0.254 e. The lowest BCUT2D eigenvalue weighted by Gasteiger charge is -2.40. The Morgan fingerprint density at radius 2 is 2.13 bits per heavy atom. The fourth-order valence-corrected chi connectivity index (χ4v) is 3.41. The maximum atomic E-state index is 13.9. The van der Waals surface area contributed by atoms with Crippen LogP contribution in [0, 0.1) is 5.82 Å². The Kier molecular flexibility index (Phi) is 6.10. The molecule has 2 heterocycles. The summed E-state index contributed by atoms with van der Waals surface area (Å²) in [4.78, 5) is 38.1. The van der Waals surface area contributed by atoms with Gasteiger partial charge in [-0.15, -0.1) is 0 Å². The Bertz CT molecular complexity index is 988. The Hall–Kier alpha value is -3.36. The van der Waals surface area contributed by atoms with E-state index in [0.717, 1.165) is 0 Å². The minimum Gasteiger partial charge on any atom is -0.399 e. The van der Waals surface area contributed by atoms with Crippen LogP contribution in [0.3, 0.4) is 0 Å². The van der Waals surface area contributed by atoms with Gasteiger partial charge in [0, 0.05) is 42.5 Å². The summed E-state index contributed by atoms with van der Waals surface area (Å²) in [5.41, 5.74) is 5.87. The van der Waals surface area contributed by atoms with E-state index in [2.05, 4.69) is 10.6 Å². The number of carbonyl (C=O) groups excluding carboxylic acids is 3. The van der Waals surface area contributed by atoms with Gasteiger partial charge in [0.1, 0.15) is 13.7 Å². The summed E-state index contributed by atoms with van der Waals surface area (Å²) in [5, 5.41) is 5.19. The number of allylic oxidation sites excluding steroid dienone is 3. The van der Waals surface area contributed by atoms with E-state index in [1.54, 1.807) is 24.4 Å². The fraction of sp³-hybridized carbons (Fsp3) is 0.286. The summed E-state index contributed by atoms with van der Waals surface area (Å²) >= 11 is 0. The molecule has 0 spiro atoms. The van der Waals surface area contributed by atoms with Gasteiger partial charge in [0.15, 0.2) is 0 Å². The molecule has 3 rings (SSSR count). The van der Waals surface area contributed by atoms with Gasteiger partial charge < -0.3 is 16.0 Å². The van der Waals surface area contributed by atoms with Crippen molar-refractivity contribution < 1.29 is 18.8 Å². The van der Waals surface area contributed by atoms with Crippen LogP contribution in [-0.2, 0) is 20.9 Å². The molecule has 1 aromatic rings. The second-order valence-corrected chi connectivity index (χ2v) is 7.20. The largest absolute Gasteiger partial charge is 0.399 e. The highest BCUT2D eigenvalue weighted by atomic mass is 19.1. The lowest BCUT2D eigenvalue weighted by Crippen LogP contribution is -2.63. The van der Waals surface area contributed by atoms with Crippen LogP contribution in [-0.4, -0.2) is 42.5 Å². The van der Waals surface area contributed by atoms with Crippen molar-refractivity contribution in [3.8, 4) is 0 Å². The number of likely N-dealkylation sites (tertiary alicyclic amines) is 1. The number of hydrogen-bond donors (Lipinski definition) is 3. The number of nitrogens with one attached hydrogen (secondary N) is 2. The van der Waals surface area contributed by atoms with Crippen molar-refractivity contribution in [2.24, 2.45) is 0 Å². The van der Waals surface area contributed by atoms with Gasteiger partial charge in [-0.1, -0.05) is 12.2 Å². The van der Waals surface area contributed by atoms with E-state index in [4.69, 9.17) is 13.6 Å². The quantitative estimate of drug-likeness (QED) is 0.292. The van der Waals surface area contributed by atoms with Gasteiger partial charge in [-0.05, 0) is 43.2 Å². The molecule has 2 saturated heterocycles. The average Bonchev–Trinajstić information content (AvgIpc) is 3.02. The van der Waals surface area contributed by atoms with Crippen LogP contribution in [0.5, 0.6) is 0 Å². The first kappa shape index (κ1) is 21.4. The van der Waals surface area contributed by atoms with Crippen LogP contribution < -0.4 is 16.4 Å². The summed E-state index contributed by atoms with van der Waals surface area (Å²) in [5.74, 6) is -1.93. The Morgan fingerprint density at radius 3 is 2.83 bits per heavy atom. The van der Waals surface area contributed by atoms with E-state index in [9.17, 15) is 18.8 Å². The molecule has 2 radical (unpaired) electrons. The normalized spacial score (nSPS) is 24.9. The van der Waals surface area contributed by atoms with E-state index in [1.165, 1.54) is 23.1 Å². The second-order valence-electron chi connectivity index (χ2n) is 7.20. The molecule has 2 aliphatic heterocycles. The number of imide groups is 1. The lowest BCUT2D eigenvalue weighted by atomic mass is 9.70. The number of halogens is 1. The molecule has 9 heteroatoms. The standard InChI is InChI=1S/C21H22BFN4O3/c1-2-3-4-16-14(11-25-10-13-9-15(24)5-6-17(13)23)12-27(19(16)29)21(22)8-7-18(28)26-20(21)30/h2-6,9,11,25H,7-8,10,12,24H2,1H3,(H,26,28,30)/b3-2-,14-11+,16-4+. The highest BCUT2D eigenvalue weighted by molar-refractivity contribution is 6.32. The zero-order valence-corrected chi connectivity index (χ0v) is 16.6. The molecule has 0 bridgehead atoms.